The van der Waals surface area contributed by atoms with Gasteiger partial charge in [0, 0.05) is 11.8 Å². The summed E-state index contributed by atoms with van der Waals surface area (Å²) in [5.74, 6) is 0.726. The summed E-state index contributed by atoms with van der Waals surface area (Å²) >= 11 is 1.52. The molecule has 2 N–H and O–H groups in total. The highest BCUT2D eigenvalue weighted by molar-refractivity contribution is 7.10. The molecule has 0 aliphatic heterocycles. The second-order valence-electron chi connectivity index (χ2n) is 5.86. The molecule has 1 aromatic carbocycles. The van der Waals surface area contributed by atoms with Crippen molar-refractivity contribution in [1.29, 1.82) is 0 Å². The zero-order valence-electron chi connectivity index (χ0n) is 12.3. The molecule has 1 aliphatic carbocycles. The summed E-state index contributed by atoms with van der Waals surface area (Å²) in [6.07, 6.45) is 3.52. The van der Waals surface area contributed by atoms with E-state index in [1.165, 1.54) is 23.5 Å². The summed E-state index contributed by atoms with van der Waals surface area (Å²) in [5.41, 5.74) is 7.44. The lowest BCUT2D eigenvalue weighted by molar-refractivity contribution is 0.229. The first-order valence-corrected chi connectivity index (χ1v) is 8.33. The lowest BCUT2D eigenvalue weighted by Crippen LogP contribution is -2.44. The maximum Gasteiger partial charge on any atom is 0.277 e. The minimum Gasteiger partial charge on any atom is -0.332 e. The third-order valence-corrected chi connectivity index (χ3v) is 5.01. The van der Waals surface area contributed by atoms with E-state index in [4.69, 9.17) is 10.3 Å². The molecule has 7 heteroatoms. The van der Waals surface area contributed by atoms with E-state index in [0.29, 0.717) is 23.8 Å². The fraction of sp³-hybridized carbons (Fsp3) is 0.312. The molecule has 4 rings (SSSR count). The number of nitrogens with zero attached hydrogens (tertiary/aromatic N) is 3. The zero-order chi connectivity index (χ0) is 15.9. The Morgan fingerprint density at radius 2 is 2.00 bits per heavy atom. The topological polar surface area (TPSA) is 77.8 Å². The van der Waals surface area contributed by atoms with Crippen molar-refractivity contribution < 1.29 is 8.91 Å². The smallest absolute Gasteiger partial charge is 0.277 e. The Hall–Kier alpha value is -2.12. The standard InChI is InChI=1S/C16H15FN4OS/c17-11-4-2-10(3-5-11)8-13-19-12(9-23-13)14-20-15(21-22-14)16(18)6-1-7-16/h2-5,9H,1,6-8,18H2. The Balaban J connectivity index is 1.52. The molecule has 0 amide bonds. The highest BCUT2D eigenvalue weighted by Gasteiger charge is 2.39. The van der Waals surface area contributed by atoms with E-state index in [0.717, 1.165) is 29.8 Å². The van der Waals surface area contributed by atoms with Gasteiger partial charge in [-0.05, 0) is 37.0 Å². The molecule has 118 valence electrons. The lowest BCUT2D eigenvalue weighted by atomic mass is 9.77. The van der Waals surface area contributed by atoms with Crippen LogP contribution in [-0.2, 0) is 12.0 Å². The SMILES string of the molecule is NC1(c2noc(-c3csc(Cc4ccc(F)cc4)n3)n2)CCC1. The Morgan fingerprint density at radius 1 is 1.22 bits per heavy atom. The van der Waals surface area contributed by atoms with Crippen molar-refractivity contribution in [3.63, 3.8) is 0 Å². The van der Waals surface area contributed by atoms with Gasteiger partial charge in [0.15, 0.2) is 5.82 Å². The van der Waals surface area contributed by atoms with Crippen molar-refractivity contribution in [3.05, 3.63) is 51.9 Å². The molecule has 0 bridgehead atoms. The van der Waals surface area contributed by atoms with Crippen LogP contribution in [0.2, 0.25) is 0 Å². The molecular formula is C16H15FN4OS. The summed E-state index contributed by atoms with van der Waals surface area (Å²) in [4.78, 5) is 8.92. The third kappa shape index (κ3) is 2.77. The number of hydrogen-bond acceptors (Lipinski definition) is 6. The second kappa shape index (κ2) is 5.50. The first-order chi connectivity index (χ1) is 11.1. The zero-order valence-corrected chi connectivity index (χ0v) is 13.1. The Morgan fingerprint density at radius 3 is 2.70 bits per heavy atom. The van der Waals surface area contributed by atoms with Crippen LogP contribution in [0.4, 0.5) is 4.39 Å². The first kappa shape index (κ1) is 14.5. The van der Waals surface area contributed by atoms with Crippen molar-refractivity contribution in [2.24, 2.45) is 5.73 Å². The van der Waals surface area contributed by atoms with Crippen LogP contribution in [0.3, 0.4) is 0 Å². The lowest BCUT2D eigenvalue weighted by Gasteiger charge is -2.34. The van der Waals surface area contributed by atoms with Gasteiger partial charge in [-0.15, -0.1) is 11.3 Å². The van der Waals surface area contributed by atoms with E-state index in [2.05, 4.69) is 15.1 Å². The van der Waals surface area contributed by atoms with Gasteiger partial charge in [-0.1, -0.05) is 17.3 Å². The van der Waals surface area contributed by atoms with Gasteiger partial charge in [0.25, 0.3) is 5.89 Å². The summed E-state index contributed by atoms with van der Waals surface area (Å²) in [5, 5.41) is 6.80. The molecule has 1 saturated carbocycles. The van der Waals surface area contributed by atoms with Gasteiger partial charge in [0.2, 0.25) is 0 Å². The minimum atomic E-state index is -0.436. The Labute approximate surface area is 136 Å². The molecule has 3 aromatic rings. The van der Waals surface area contributed by atoms with E-state index in [9.17, 15) is 4.39 Å². The first-order valence-electron chi connectivity index (χ1n) is 7.45. The average Bonchev–Trinajstić information content (AvgIpc) is 3.16. The molecule has 23 heavy (non-hydrogen) atoms. The number of hydrogen-bond donors (Lipinski definition) is 1. The molecule has 1 fully saturated rings. The number of halogens is 1. The van der Waals surface area contributed by atoms with E-state index < -0.39 is 5.54 Å². The number of thiazole rings is 1. The molecule has 0 spiro atoms. The fourth-order valence-corrected chi connectivity index (χ4v) is 3.38. The van der Waals surface area contributed by atoms with Gasteiger partial charge in [-0.25, -0.2) is 9.37 Å². The van der Waals surface area contributed by atoms with Gasteiger partial charge in [0.05, 0.1) is 10.5 Å². The molecule has 0 saturated heterocycles. The van der Waals surface area contributed by atoms with Crippen LogP contribution in [0.5, 0.6) is 0 Å². The van der Waals surface area contributed by atoms with Gasteiger partial charge in [-0.2, -0.15) is 4.98 Å². The van der Waals surface area contributed by atoms with Crippen LogP contribution in [0, 0.1) is 5.82 Å². The number of benzene rings is 1. The van der Waals surface area contributed by atoms with Crippen LogP contribution < -0.4 is 5.73 Å². The Bertz CT molecular complexity index is 823. The number of nitrogens with two attached hydrogens (primary N) is 1. The quantitative estimate of drug-likeness (QED) is 0.794. The molecule has 0 atom stereocenters. The fourth-order valence-electron chi connectivity index (χ4n) is 2.58. The van der Waals surface area contributed by atoms with Gasteiger partial charge >= 0.3 is 0 Å². The van der Waals surface area contributed by atoms with Gasteiger partial charge in [-0.3, -0.25) is 0 Å². The highest BCUT2D eigenvalue weighted by Crippen LogP contribution is 2.37. The van der Waals surface area contributed by atoms with Gasteiger partial charge in [0.1, 0.15) is 11.5 Å². The number of aromatic nitrogens is 3. The average molecular weight is 330 g/mol. The molecular weight excluding hydrogens is 315 g/mol. The summed E-state index contributed by atoms with van der Waals surface area (Å²) in [7, 11) is 0. The molecule has 0 unspecified atom stereocenters. The monoisotopic (exact) mass is 330 g/mol. The normalized spacial score (nSPS) is 16.3. The summed E-state index contributed by atoms with van der Waals surface area (Å²) in [6, 6.07) is 6.42. The molecule has 0 radical (unpaired) electrons. The van der Waals surface area contributed by atoms with Crippen molar-refractivity contribution in [1.82, 2.24) is 15.1 Å². The maximum atomic E-state index is 12.9. The van der Waals surface area contributed by atoms with E-state index in [1.54, 1.807) is 12.1 Å². The Kier molecular flexibility index (Phi) is 3.46. The molecule has 5 nitrogen and oxygen atoms in total. The molecule has 2 heterocycles. The third-order valence-electron chi connectivity index (χ3n) is 4.16. The van der Waals surface area contributed by atoms with Crippen molar-refractivity contribution in [2.75, 3.05) is 0 Å². The van der Waals surface area contributed by atoms with Crippen molar-refractivity contribution >= 4 is 11.3 Å². The minimum absolute atomic E-state index is 0.237. The predicted octanol–water partition coefficient (Wildman–Crippen LogP) is 3.26. The van der Waals surface area contributed by atoms with E-state index in [1.807, 2.05) is 5.38 Å². The van der Waals surface area contributed by atoms with Crippen LogP contribution >= 0.6 is 11.3 Å². The molecule has 2 aromatic heterocycles. The van der Waals surface area contributed by atoms with Crippen molar-refractivity contribution in [2.45, 2.75) is 31.2 Å². The van der Waals surface area contributed by atoms with Crippen LogP contribution in [0.1, 0.15) is 35.7 Å². The van der Waals surface area contributed by atoms with E-state index >= 15 is 0 Å². The highest BCUT2D eigenvalue weighted by atomic mass is 32.1. The maximum absolute atomic E-state index is 12.9. The molecule has 1 aliphatic rings. The van der Waals surface area contributed by atoms with Crippen LogP contribution in [0.15, 0.2) is 34.2 Å². The predicted molar refractivity (Wildman–Crippen MR) is 84.3 cm³/mol. The van der Waals surface area contributed by atoms with Crippen molar-refractivity contribution in [3.8, 4) is 11.6 Å². The second-order valence-corrected chi connectivity index (χ2v) is 6.81. The van der Waals surface area contributed by atoms with Crippen LogP contribution in [-0.4, -0.2) is 15.1 Å². The van der Waals surface area contributed by atoms with Gasteiger partial charge < -0.3 is 10.3 Å². The van der Waals surface area contributed by atoms with E-state index in [-0.39, 0.29) is 5.82 Å². The van der Waals surface area contributed by atoms with Crippen LogP contribution in [0.25, 0.3) is 11.6 Å². The number of rotatable bonds is 4. The largest absolute Gasteiger partial charge is 0.332 e. The summed E-state index contributed by atoms with van der Waals surface area (Å²) in [6.45, 7) is 0. The summed E-state index contributed by atoms with van der Waals surface area (Å²) < 4.78 is 18.2.